The summed E-state index contributed by atoms with van der Waals surface area (Å²) in [5.41, 5.74) is 2.52. The van der Waals surface area contributed by atoms with Crippen LogP contribution in [0.25, 0.3) is 22.8 Å². The molecule has 0 radical (unpaired) electrons. The fraction of sp³-hybridized carbons (Fsp3) is 0.238. The largest absolute Gasteiger partial charge is 0.348 e. The molecule has 0 N–H and O–H groups in total. The molecule has 0 spiro atoms. The van der Waals surface area contributed by atoms with Crippen molar-refractivity contribution in [3.8, 4) is 22.8 Å². The monoisotopic (exact) mass is 407 g/mol. The van der Waals surface area contributed by atoms with Crippen LogP contribution < -0.4 is 4.90 Å². The molecule has 0 aliphatic carbocycles. The predicted molar refractivity (Wildman–Crippen MR) is 109 cm³/mol. The predicted octanol–water partition coefficient (Wildman–Crippen LogP) is 4.78. The Hall–Kier alpha value is -3.13. The second-order valence-corrected chi connectivity index (χ2v) is 7.79. The summed E-state index contributed by atoms with van der Waals surface area (Å²) in [4.78, 5) is 15.8. The Morgan fingerprint density at radius 1 is 1.00 bits per heavy atom. The molecule has 0 unspecified atom stereocenters. The number of thiazole rings is 1. The van der Waals surface area contributed by atoms with Crippen LogP contribution in [0.1, 0.15) is 24.7 Å². The molecule has 0 atom stereocenters. The number of anilines is 1. The number of piperidine rings is 1. The Morgan fingerprint density at radius 3 is 2.59 bits per heavy atom. The molecule has 5 rings (SSSR count). The molecule has 3 aromatic heterocycles. The van der Waals surface area contributed by atoms with E-state index in [1.54, 1.807) is 29.7 Å². The minimum absolute atomic E-state index is 0.237. The van der Waals surface area contributed by atoms with Gasteiger partial charge in [-0.25, -0.2) is 9.37 Å². The summed E-state index contributed by atoms with van der Waals surface area (Å²) >= 11 is 1.61. The van der Waals surface area contributed by atoms with Crippen LogP contribution in [0.15, 0.2) is 58.6 Å². The Labute approximate surface area is 171 Å². The zero-order valence-electron chi connectivity index (χ0n) is 15.5. The molecule has 0 saturated carbocycles. The molecule has 1 fully saturated rings. The first-order chi connectivity index (χ1) is 14.3. The normalized spacial score (nSPS) is 15.0. The van der Waals surface area contributed by atoms with Crippen LogP contribution in [0.2, 0.25) is 0 Å². The van der Waals surface area contributed by atoms with Gasteiger partial charge in [0, 0.05) is 36.1 Å². The lowest BCUT2D eigenvalue weighted by Crippen LogP contribution is -2.32. The van der Waals surface area contributed by atoms with Gasteiger partial charge in [-0.05, 0) is 49.2 Å². The third-order valence-corrected chi connectivity index (χ3v) is 5.98. The number of pyridine rings is 1. The molecule has 6 nitrogen and oxygen atoms in total. The van der Waals surface area contributed by atoms with E-state index in [9.17, 15) is 4.39 Å². The fourth-order valence-corrected chi connectivity index (χ4v) is 4.37. The summed E-state index contributed by atoms with van der Waals surface area (Å²) in [6.45, 7) is 1.75. The van der Waals surface area contributed by atoms with Crippen molar-refractivity contribution in [2.45, 2.75) is 18.8 Å². The SMILES string of the molecule is Fc1ccc(-c2csc(N3CCC(c4nc(-c5ccccn5)no4)CC3)n2)cc1. The van der Waals surface area contributed by atoms with Crippen molar-refractivity contribution in [2.24, 2.45) is 0 Å². The molecule has 146 valence electrons. The van der Waals surface area contributed by atoms with Gasteiger partial charge in [0.2, 0.25) is 11.7 Å². The average molecular weight is 407 g/mol. The molecule has 1 aliphatic rings. The first-order valence-corrected chi connectivity index (χ1v) is 10.4. The molecule has 29 heavy (non-hydrogen) atoms. The Bertz CT molecular complexity index is 1090. The Balaban J connectivity index is 1.24. The fourth-order valence-electron chi connectivity index (χ4n) is 3.48. The quantitative estimate of drug-likeness (QED) is 0.485. The third-order valence-electron chi connectivity index (χ3n) is 5.08. The number of hydrogen-bond donors (Lipinski definition) is 0. The van der Waals surface area contributed by atoms with Gasteiger partial charge >= 0.3 is 0 Å². The van der Waals surface area contributed by atoms with Crippen molar-refractivity contribution in [3.63, 3.8) is 0 Å². The lowest BCUT2D eigenvalue weighted by atomic mass is 9.97. The number of rotatable bonds is 4. The molecule has 0 amide bonds. The summed E-state index contributed by atoms with van der Waals surface area (Å²) < 4.78 is 18.6. The highest BCUT2D eigenvalue weighted by molar-refractivity contribution is 7.14. The number of benzene rings is 1. The standard InChI is InChI=1S/C21H18FN5OS/c22-16-6-4-14(5-7-16)18-13-29-21(24-18)27-11-8-15(9-12-27)20-25-19(26-28-20)17-3-1-2-10-23-17/h1-7,10,13,15H,8-9,11-12H2. The minimum Gasteiger partial charge on any atom is -0.348 e. The van der Waals surface area contributed by atoms with E-state index < -0.39 is 0 Å². The van der Waals surface area contributed by atoms with Crippen LogP contribution in [-0.2, 0) is 0 Å². The van der Waals surface area contributed by atoms with Gasteiger partial charge in [0.05, 0.1) is 5.69 Å². The lowest BCUT2D eigenvalue weighted by molar-refractivity contribution is 0.329. The van der Waals surface area contributed by atoms with Crippen molar-refractivity contribution in [1.29, 1.82) is 0 Å². The van der Waals surface area contributed by atoms with Crippen LogP contribution in [0.3, 0.4) is 0 Å². The van der Waals surface area contributed by atoms with Crippen molar-refractivity contribution in [2.75, 3.05) is 18.0 Å². The zero-order valence-corrected chi connectivity index (χ0v) is 16.3. The van der Waals surface area contributed by atoms with Crippen molar-refractivity contribution < 1.29 is 8.91 Å². The zero-order chi connectivity index (χ0) is 19.6. The summed E-state index contributed by atoms with van der Waals surface area (Å²) in [5.74, 6) is 1.22. The van der Waals surface area contributed by atoms with E-state index in [1.807, 2.05) is 23.6 Å². The van der Waals surface area contributed by atoms with Crippen LogP contribution in [0, 0.1) is 5.82 Å². The smallest absolute Gasteiger partial charge is 0.230 e. The van der Waals surface area contributed by atoms with E-state index in [4.69, 9.17) is 9.51 Å². The van der Waals surface area contributed by atoms with Gasteiger partial charge in [-0.1, -0.05) is 11.2 Å². The van der Waals surface area contributed by atoms with Crippen LogP contribution >= 0.6 is 11.3 Å². The molecular formula is C21H18FN5OS. The molecule has 4 aromatic rings. The summed E-state index contributed by atoms with van der Waals surface area (Å²) in [6.07, 6.45) is 3.57. The van der Waals surface area contributed by atoms with E-state index in [0.29, 0.717) is 11.7 Å². The molecule has 8 heteroatoms. The maximum Gasteiger partial charge on any atom is 0.230 e. The van der Waals surface area contributed by atoms with Crippen molar-refractivity contribution in [1.82, 2.24) is 20.1 Å². The van der Waals surface area contributed by atoms with Gasteiger partial charge in [-0.2, -0.15) is 4.98 Å². The van der Waals surface area contributed by atoms with Gasteiger partial charge in [-0.3, -0.25) is 4.98 Å². The summed E-state index contributed by atoms with van der Waals surface area (Å²) in [6, 6.07) is 12.1. The average Bonchev–Trinajstić information content (AvgIpc) is 3.46. The topological polar surface area (TPSA) is 67.9 Å². The second-order valence-electron chi connectivity index (χ2n) is 6.95. The number of aromatic nitrogens is 4. The maximum absolute atomic E-state index is 13.1. The molecule has 1 aliphatic heterocycles. The van der Waals surface area contributed by atoms with E-state index in [0.717, 1.165) is 48.0 Å². The van der Waals surface area contributed by atoms with Crippen molar-refractivity contribution in [3.05, 3.63) is 65.7 Å². The summed E-state index contributed by atoms with van der Waals surface area (Å²) in [7, 11) is 0. The highest BCUT2D eigenvalue weighted by Gasteiger charge is 2.27. The number of nitrogens with zero attached hydrogens (tertiary/aromatic N) is 5. The van der Waals surface area contributed by atoms with Gasteiger partial charge in [0.15, 0.2) is 5.13 Å². The lowest BCUT2D eigenvalue weighted by Gasteiger charge is -2.29. The summed E-state index contributed by atoms with van der Waals surface area (Å²) in [5, 5.41) is 7.09. The first kappa shape index (κ1) is 17.9. The van der Waals surface area contributed by atoms with Gasteiger partial charge in [-0.15, -0.1) is 11.3 Å². The molecule has 1 saturated heterocycles. The van der Waals surface area contributed by atoms with Gasteiger partial charge < -0.3 is 9.42 Å². The van der Waals surface area contributed by atoms with Crippen molar-refractivity contribution >= 4 is 16.5 Å². The van der Waals surface area contributed by atoms with E-state index in [2.05, 4.69) is 20.0 Å². The molecule has 4 heterocycles. The maximum atomic E-state index is 13.1. The highest BCUT2D eigenvalue weighted by atomic mass is 32.1. The number of hydrogen-bond acceptors (Lipinski definition) is 7. The van der Waals surface area contributed by atoms with Crippen LogP contribution in [0.4, 0.5) is 9.52 Å². The third kappa shape index (κ3) is 3.75. The van der Waals surface area contributed by atoms with E-state index >= 15 is 0 Å². The van der Waals surface area contributed by atoms with Gasteiger partial charge in [0.25, 0.3) is 0 Å². The molecule has 0 bridgehead atoms. The highest BCUT2D eigenvalue weighted by Crippen LogP contribution is 2.33. The first-order valence-electron chi connectivity index (χ1n) is 9.48. The molecule has 1 aromatic carbocycles. The van der Waals surface area contributed by atoms with E-state index in [1.165, 1.54) is 12.1 Å². The van der Waals surface area contributed by atoms with Crippen LogP contribution in [0.5, 0.6) is 0 Å². The Morgan fingerprint density at radius 2 is 1.83 bits per heavy atom. The second kappa shape index (κ2) is 7.71. The van der Waals surface area contributed by atoms with E-state index in [-0.39, 0.29) is 11.7 Å². The molecular weight excluding hydrogens is 389 g/mol. The Kier molecular flexibility index (Phi) is 4.77. The van der Waals surface area contributed by atoms with Gasteiger partial charge in [0.1, 0.15) is 11.5 Å². The minimum atomic E-state index is -0.237. The number of halogens is 1. The van der Waals surface area contributed by atoms with Crippen LogP contribution in [-0.4, -0.2) is 33.2 Å².